The van der Waals surface area contributed by atoms with E-state index >= 15 is 0 Å². The molecule has 0 bridgehead atoms. The molecule has 128 valence electrons. The molecule has 0 aliphatic carbocycles. The summed E-state index contributed by atoms with van der Waals surface area (Å²) in [5.41, 5.74) is 2.38. The molecule has 1 saturated heterocycles. The van der Waals surface area contributed by atoms with Crippen LogP contribution in [-0.4, -0.2) is 23.1 Å². The lowest BCUT2D eigenvalue weighted by Gasteiger charge is -2.23. The molecule has 1 fully saturated rings. The van der Waals surface area contributed by atoms with Gasteiger partial charge in [-0.15, -0.1) is 0 Å². The van der Waals surface area contributed by atoms with Crippen LogP contribution in [0.5, 0.6) is 0 Å². The van der Waals surface area contributed by atoms with Crippen LogP contribution in [0.3, 0.4) is 0 Å². The van der Waals surface area contributed by atoms with E-state index in [1.54, 1.807) is 12.1 Å². The van der Waals surface area contributed by atoms with Crippen molar-refractivity contribution < 1.29 is 4.39 Å². The normalized spacial score (nSPS) is 17.6. The number of hydrogen-bond donors (Lipinski definition) is 2. The summed E-state index contributed by atoms with van der Waals surface area (Å²) in [6.45, 7) is 2.05. The van der Waals surface area contributed by atoms with Crippen LogP contribution in [0.25, 0.3) is 10.9 Å². The summed E-state index contributed by atoms with van der Waals surface area (Å²) < 4.78 is 14.2. The second-order valence-electron chi connectivity index (χ2n) is 6.27. The van der Waals surface area contributed by atoms with Gasteiger partial charge in [0.05, 0.1) is 16.2 Å². The predicted octanol–water partition coefficient (Wildman–Crippen LogP) is 4.63. The van der Waals surface area contributed by atoms with Crippen molar-refractivity contribution in [2.75, 3.05) is 18.4 Å². The minimum Gasteiger partial charge on any atom is -0.337 e. The third-order valence-electron chi connectivity index (χ3n) is 4.63. The van der Waals surface area contributed by atoms with Gasteiger partial charge in [-0.1, -0.05) is 23.7 Å². The lowest BCUT2D eigenvalue weighted by molar-refractivity contribution is 0.462. The number of anilines is 2. The van der Waals surface area contributed by atoms with Crippen LogP contribution < -0.4 is 10.6 Å². The van der Waals surface area contributed by atoms with Gasteiger partial charge in [0.25, 0.3) is 0 Å². The first-order valence-corrected chi connectivity index (χ1v) is 8.76. The molecule has 2 aromatic carbocycles. The van der Waals surface area contributed by atoms with E-state index in [4.69, 9.17) is 11.6 Å². The van der Waals surface area contributed by atoms with Gasteiger partial charge in [-0.3, -0.25) is 0 Å². The summed E-state index contributed by atoms with van der Waals surface area (Å²) in [6.07, 6.45) is 3.82. The van der Waals surface area contributed by atoms with Crippen molar-refractivity contribution in [2.45, 2.75) is 18.8 Å². The zero-order valence-electron chi connectivity index (χ0n) is 13.6. The quantitative estimate of drug-likeness (QED) is 0.718. The zero-order chi connectivity index (χ0) is 17.2. The van der Waals surface area contributed by atoms with Crippen molar-refractivity contribution in [1.82, 2.24) is 15.3 Å². The molecule has 0 spiro atoms. The average Bonchev–Trinajstić information content (AvgIpc) is 2.66. The van der Waals surface area contributed by atoms with E-state index in [9.17, 15) is 4.39 Å². The number of piperidine rings is 1. The molecule has 1 aromatic heterocycles. The summed E-state index contributed by atoms with van der Waals surface area (Å²) in [5, 5.41) is 7.46. The van der Waals surface area contributed by atoms with E-state index in [1.807, 2.05) is 6.07 Å². The van der Waals surface area contributed by atoms with Gasteiger partial charge in [-0.25, -0.2) is 14.4 Å². The minimum atomic E-state index is -0.483. The molecule has 25 heavy (non-hydrogen) atoms. The van der Waals surface area contributed by atoms with Gasteiger partial charge in [0.1, 0.15) is 12.1 Å². The molecule has 2 heterocycles. The first-order valence-electron chi connectivity index (χ1n) is 8.39. The largest absolute Gasteiger partial charge is 0.337 e. The van der Waals surface area contributed by atoms with Crippen LogP contribution in [0.4, 0.5) is 15.9 Å². The molecule has 3 aromatic rings. The third-order valence-corrected chi connectivity index (χ3v) is 4.92. The molecule has 4 rings (SSSR count). The molecule has 0 saturated carbocycles. The summed E-state index contributed by atoms with van der Waals surface area (Å²) in [4.78, 5) is 8.63. The number of rotatable bonds is 3. The summed E-state index contributed by atoms with van der Waals surface area (Å²) in [5.74, 6) is 0.578. The lowest BCUT2D eigenvalue weighted by Crippen LogP contribution is -2.28. The lowest BCUT2D eigenvalue weighted by atomic mass is 9.91. The van der Waals surface area contributed by atoms with Crippen LogP contribution in [0.15, 0.2) is 42.7 Å². The number of hydrogen-bond acceptors (Lipinski definition) is 4. The Morgan fingerprint density at radius 3 is 2.96 bits per heavy atom. The topological polar surface area (TPSA) is 49.8 Å². The van der Waals surface area contributed by atoms with Crippen molar-refractivity contribution in [3.05, 3.63) is 59.1 Å². The average molecular weight is 357 g/mol. The minimum absolute atomic E-state index is 0.0809. The highest BCUT2D eigenvalue weighted by atomic mass is 35.5. The SMILES string of the molecule is Fc1c(Cl)cccc1Nc1ncnc2ccc([C@@H]3CCCNC3)cc12. The molecule has 4 nitrogen and oxygen atoms in total. The molecular formula is C19H18ClFN4. The standard InChI is InChI=1S/C19H18ClFN4/c20-15-4-1-5-17(18(15)21)25-19-14-9-12(13-3-2-8-22-10-13)6-7-16(14)23-11-24-19/h1,4-7,9,11,13,22H,2-3,8,10H2,(H,23,24,25)/t13-/m1/s1. The van der Waals surface area contributed by atoms with Crippen LogP contribution in [0.1, 0.15) is 24.3 Å². The smallest absolute Gasteiger partial charge is 0.165 e. The molecule has 0 unspecified atom stereocenters. The Morgan fingerprint density at radius 2 is 2.12 bits per heavy atom. The van der Waals surface area contributed by atoms with Gasteiger partial charge in [0, 0.05) is 11.9 Å². The van der Waals surface area contributed by atoms with Crippen LogP contribution >= 0.6 is 11.6 Å². The molecule has 2 N–H and O–H groups in total. The van der Waals surface area contributed by atoms with Crippen molar-refractivity contribution in [2.24, 2.45) is 0 Å². The number of nitrogens with one attached hydrogen (secondary N) is 2. The highest BCUT2D eigenvalue weighted by Gasteiger charge is 2.17. The number of benzene rings is 2. The van der Waals surface area contributed by atoms with E-state index in [2.05, 4.69) is 32.7 Å². The van der Waals surface area contributed by atoms with Gasteiger partial charge in [0.15, 0.2) is 5.82 Å². The van der Waals surface area contributed by atoms with Gasteiger partial charge in [-0.05, 0) is 55.1 Å². The summed E-state index contributed by atoms with van der Waals surface area (Å²) >= 11 is 5.87. The Labute approximate surface area is 150 Å². The van der Waals surface area contributed by atoms with Crippen molar-refractivity contribution in [3.8, 4) is 0 Å². The van der Waals surface area contributed by atoms with Gasteiger partial charge < -0.3 is 10.6 Å². The molecule has 1 atom stereocenters. The Balaban J connectivity index is 1.74. The second-order valence-corrected chi connectivity index (χ2v) is 6.68. The van der Waals surface area contributed by atoms with Gasteiger partial charge in [0.2, 0.25) is 0 Å². The van der Waals surface area contributed by atoms with Crippen molar-refractivity contribution in [1.29, 1.82) is 0 Å². The Bertz CT molecular complexity index is 909. The predicted molar refractivity (Wildman–Crippen MR) is 99.1 cm³/mol. The maximum absolute atomic E-state index is 14.2. The maximum Gasteiger partial charge on any atom is 0.165 e. The van der Waals surface area contributed by atoms with Gasteiger partial charge in [-0.2, -0.15) is 0 Å². The second kappa shape index (κ2) is 6.94. The zero-order valence-corrected chi connectivity index (χ0v) is 14.4. The molecule has 0 radical (unpaired) electrons. The molecular weight excluding hydrogens is 339 g/mol. The fraction of sp³-hybridized carbons (Fsp3) is 0.263. The van der Waals surface area contributed by atoms with Crippen LogP contribution in [0.2, 0.25) is 5.02 Å². The monoisotopic (exact) mass is 356 g/mol. The van der Waals surface area contributed by atoms with E-state index in [1.165, 1.54) is 24.4 Å². The van der Waals surface area contributed by atoms with Crippen molar-refractivity contribution in [3.63, 3.8) is 0 Å². The van der Waals surface area contributed by atoms with E-state index in [0.29, 0.717) is 17.4 Å². The highest BCUT2D eigenvalue weighted by molar-refractivity contribution is 6.31. The summed E-state index contributed by atoms with van der Waals surface area (Å²) in [7, 11) is 0. The Kier molecular flexibility index (Phi) is 4.51. The first kappa shape index (κ1) is 16.2. The third kappa shape index (κ3) is 3.30. The van der Waals surface area contributed by atoms with Crippen molar-refractivity contribution >= 4 is 34.0 Å². The van der Waals surface area contributed by atoms with Gasteiger partial charge >= 0.3 is 0 Å². The Morgan fingerprint density at radius 1 is 1.20 bits per heavy atom. The number of fused-ring (bicyclic) bond motifs is 1. The fourth-order valence-corrected chi connectivity index (χ4v) is 3.47. The molecule has 1 aliphatic heterocycles. The number of nitrogens with zero attached hydrogens (tertiary/aromatic N) is 2. The number of aromatic nitrogens is 2. The molecule has 0 amide bonds. The van der Waals surface area contributed by atoms with Crippen LogP contribution in [-0.2, 0) is 0 Å². The van der Waals surface area contributed by atoms with Crippen LogP contribution in [0, 0.1) is 5.82 Å². The maximum atomic E-state index is 14.2. The Hall–Kier alpha value is -2.24. The number of halogens is 2. The first-order chi connectivity index (χ1) is 12.2. The van der Waals surface area contributed by atoms with E-state index in [0.717, 1.165) is 30.4 Å². The highest BCUT2D eigenvalue weighted by Crippen LogP contribution is 2.31. The van der Waals surface area contributed by atoms with E-state index < -0.39 is 5.82 Å². The fourth-order valence-electron chi connectivity index (χ4n) is 3.29. The molecule has 6 heteroatoms. The van der Waals surface area contributed by atoms with E-state index in [-0.39, 0.29) is 5.02 Å². The molecule has 1 aliphatic rings. The summed E-state index contributed by atoms with van der Waals surface area (Å²) in [6, 6.07) is 11.1.